The van der Waals surface area contributed by atoms with Crippen LogP contribution in [0, 0.1) is 11.3 Å². The molecule has 0 fully saturated rings. The largest absolute Gasteiger partial charge is 0.450 e. The van der Waals surface area contributed by atoms with Gasteiger partial charge in [0.15, 0.2) is 0 Å². The van der Waals surface area contributed by atoms with E-state index in [4.69, 9.17) is 9.68 Å². The van der Waals surface area contributed by atoms with Gasteiger partial charge in [0.05, 0.1) is 5.56 Å². The molecular formula is C8H6N2O2. The predicted molar refractivity (Wildman–Crippen MR) is 39.5 cm³/mol. The van der Waals surface area contributed by atoms with Crippen molar-refractivity contribution in [1.29, 1.82) is 5.26 Å². The zero-order valence-electron chi connectivity index (χ0n) is 6.26. The second-order valence-electron chi connectivity index (χ2n) is 2.57. The first-order chi connectivity index (χ1) is 5.81. The van der Waals surface area contributed by atoms with Gasteiger partial charge < -0.3 is 9.73 Å². The number of carbonyl (C=O) groups excluding carboxylic acids is 1. The number of nitrogens with one attached hydrogen (secondary N) is 1. The molecule has 0 atom stereocenters. The minimum Gasteiger partial charge on any atom is -0.450 e. The third-order valence-corrected chi connectivity index (χ3v) is 1.80. The van der Waals surface area contributed by atoms with Gasteiger partial charge in [-0.15, -0.1) is 0 Å². The highest BCUT2D eigenvalue weighted by atomic mass is 16.3. The van der Waals surface area contributed by atoms with Crippen molar-refractivity contribution in [2.45, 2.75) is 6.42 Å². The lowest BCUT2D eigenvalue weighted by molar-refractivity contribution is 0.0943. The molecule has 0 aromatic carbocycles. The van der Waals surface area contributed by atoms with Crippen molar-refractivity contribution >= 4 is 5.91 Å². The number of nitrogens with zero attached hydrogens (tertiary/aromatic N) is 1. The smallest absolute Gasteiger partial charge is 0.254 e. The fraction of sp³-hybridized carbons (Fsp3) is 0.250. The molecule has 0 saturated carbocycles. The zero-order valence-corrected chi connectivity index (χ0v) is 6.26. The van der Waals surface area contributed by atoms with Crippen LogP contribution in [0.4, 0.5) is 0 Å². The zero-order chi connectivity index (χ0) is 8.55. The van der Waals surface area contributed by atoms with E-state index in [0.29, 0.717) is 24.3 Å². The van der Waals surface area contributed by atoms with E-state index in [1.807, 2.05) is 6.07 Å². The highest BCUT2D eigenvalue weighted by molar-refractivity contribution is 5.96. The minimum absolute atomic E-state index is 0.151. The van der Waals surface area contributed by atoms with E-state index in [9.17, 15) is 4.79 Å². The van der Waals surface area contributed by atoms with Crippen molar-refractivity contribution in [3.8, 4) is 6.07 Å². The Kier molecular flexibility index (Phi) is 1.37. The standard InChI is InChI=1S/C8H6N2O2/c9-4-5-3-6-7(12-5)1-2-10-8(6)11/h3H,1-2H2,(H,10,11). The Morgan fingerprint density at radius 2 is 2.50 bits per heavy atom. The molecule has 60 valence electrons. The van der Waals surface area contributed by atoms with Gasteiger partial charge in [0, 0.05) is 19.0 Å². The Morgan fingerprint density at radius 1 is 1.67 bits per heavy atom. The normalized spacial score (nSPS) is 14.8. The highest BCUT2D eigenvalue weighted by Crippen LogP contribution is 2.17. The van der Waals surface area contributed by atoms with Gasteiger partial charge in [-0.1, -0.05) is 0 Å². The SMILES string of the molecule is N#Cc1cc2c(o1)CCNC2=O. The van der Waals surface area contributed by atoms with Gasteiger partial charge in [0.2, 0.25) is 5.76 Å². The second kappa shape index (κ2) is 2.38. The fourth-order valence-electron chi connectivity index (χ4n) is 1.25. The Labute approximate surface area is 68.8 Å². The van der Waals surface area contributed by atoms with Crippen LogP contribution in [0.2, 0.25) is 0 Å². The second-order valence-corrected chi connectivity index (χ2v) is 2.57. The molecule has 0 spiro atoms. The Balaban J connectivity index is 2.52. The van der Waals surface area contributed by atoms with Gasteiger partial charge in [0.1, 0.15) is 11.8 Å². The van der Waals surface area contributed by atoms with E-state index in [2.05, 4.69) is 5.32 Å². The van der Waals surface area contributed by atoms with Crippen LogP contribution in [0.1, 0.15) is 21.9 Å². The number of hydrogen-bond acceptors (Lipinski definition) is 3. The third kappa shape index (κ3) is 0.873. The first kappa shape index (κ1) is 6.92. The number of nitriles is 1. The summed E-state index contributed by atoms with van der Waals surface area (Å²) in [5.41, 5.74) is 0.498. The van der Waals surface area contributed by atoms with Crippen LogP contribution < -0.4 is 5.32 Å². The molecule has 1 aliphatic heterocycles. The molecule has 1 N–H and O–H groups in total. The van der Waals surface area contributed by atoms with Gasteiger partial charge in [-0.2, -0.15) is 5.26 Å². The molecule has 0 bridgehead atoms. The van der Waals surface area contributed by atoms with Crippen molar-refractivity contribution in [2.75, 3.05) is 6.54 Å². The van der Waals surface area contributed by atoms with E-state index < -0.39 is 0 Å². The maximum absolute atomic E-state index is 11.1. The van der Waals surface area contributed by atoms with Crippen molar-refractivity contribution in [3.63, 3.8) is 0 Å². The molecule has 12 heavy (non-hydrogen) atoms. The minimum atomic E-state index is -0.151. The predicted octanol–water partition coefficient (Wildman–Crippen LogP) is 0.437. The first-order valence-electron chi connectivity index (χ1n) is 3.62. The third-order valence-electron chi connectivity index (χ3n) is 1.80. The summed E-state index contributed by atoms with van der Waals surface area (Å²) < 4.78 is 5.10. The number of rotatable bonds is 0. The molecule has 2 heterocycles. The quantitative estimate of drug-likeness (QED) is 0.601. The van der Waals surface area contributed by atoms with Crippen LogP contribution in [-0.4, -0.2) is 12.5 Å². The van der Waals surface area contributed by atoms with E-state index in [1.54, 1.807) is 0 Å². The van der Waals surface area contributed by atoms with Gasteiger partial charge in [0.25, 0.3) is 5.91 Å². The van der Waals surface area contributed by atoms with E-state index >= 15 is 0 Å². The summed E-state index contributed by atoms with van der Waals surface area (Å²) in [6.45, 7) is 0.588. The molecule has 1 amide bonds. The molecule has 1 aliphatic rings. The van der Waals surface area contributed by atoms with Crippen molar-refractivity contribution in [3.05, 3.63) is 23.2 Å². The first-order valence-corrected chi connectivity index (χ1v) is 3.62. The fourth-order valence-corrected chi connectivity index (χ4v) is 1.25. The van der Waals surface area contributed by atoms with Crippen molar-refractivity contribution in [1.82, 2.24) is 5.32 Å². The summed E-state index contributed by atoms with van der Waals surface area (Å²) in [5.74, 6) is 0.675. The van der Waals surface area contributed by atoms with Crippen LogP contribution in [0.3, 0.4) is 0 Å². The number of furan rings is 1. The van der Waals surface area contributed by atoms with Crippen LogP contribution in [0.15, 0.2) is 10.5 Å². The molecule has 0 aliphatic carbocycles. The maximum atomic E-state index is 11.1. The average Bonchev–Trinajstić information content (AvgIpc) is 2.49. The summed E-state index contributed by atoms with van der Waals surface area (Å²) in [4.78, 5) is 11.1. The molecule has 0 radical (unpaired) electrons. The number of carbonyl (C=O) groups is 1. The lowest BCUT2D eigenvalue weighted by Crippen LogP contribution is -2.30. The van der Waals surface area contributed by atoms with Crippen LogP contribution in [-0.2, 0) is 6.42 Å². The molecule has 1 aromatic rings. The Bertz CT molecular complexity index is 373. The van der Waals surface area contributed by atoms with Gasteiger partial charge in [-0.25, -0.2) is 0 Å². The van der Waals surface area contributed by atoms with Gasteiger partial charge >= 0.3 is 0 Å². The summed E-state index contributed by atoms with van der Waals surface area (Å²) in [6.07, 6.45) is 0.669. The number of fused-ring (bicyclic) bond motifs is 1. The number of hydrogen-bond donors (Lipinski definition) is 1. The molecule has 2 rings (SSSR count). The van der Waals surface area contributed by atoms with Crippen LogP contribution in [0.5, 0.6) is 0 Å². The lowest BCUT2D eigenvalue weighted by atomic mass is 10.1. The highest BCUT2D eigenvalue weighted by Gasteiger charge is 2.21. The summed E-state index contributed by atoms with van der Waals surface area (Å²) in [6, 6.07) is 3.33. The molecule has 0 unspecified atom stereocenters. The monoisotopic (exact) mass is 162 g/mol. The Hall–Kier alpha value is -1.76. The maximum Gasteiger partial charge on any atom is 0.254 e. The lowest BCUT2D eigenvalue weighted by Gasteiger charge is -2.09. The summed E-state index contributed by atoms with van der Waals surface area (Å²) in [5, 5.41) is 11.2. The van der Waals surface area contributed by atoms with Gasteiger partial charge in [-0.3, -0.25) is 4.79 Å². The topological polar surface area (TPSA) is 66.0 Å². The molecular weight excluding hydrogens is 156 g/mol. The average molecular weight is 162 g/mol. The van der Waals surface area contributed by atoms with Gasteiger partial charge in [-0.05, 0) is 0 Å². The van der Waals surface area contributed by atoms with E-state index in [-0.39, 0.29) is 11.7 Å². The van der Waals surface area contributed by atoms with Crippen molar-refractivity contribution < 1.29 is 9.21 Å². The molecule has 4 nitrogen and oxygen atoms in total. The Morgan fingerprint density at radius 3 is 3.17 bits per heavy atom. The van der Waals surface area contributed by atoms with Crippen LogP contribution in [0.25, 0.3) is 0 Å². The van der Waals surface area contributed by atoms with E-state index in [1.165, 1.54) is 6.07 Å². The molecule has 0 saturated heterocycles. The molecule has 4 heteroatoms. The van der Waals surface area contributed by atoms with E-state index in [0.717, 1.165) is 0 Å². The van der Waals surface area contributed by atoms with Crippen LogP contribution >= 0.6 is 0 Å². The summed E-state index contributed by atoms with van der Waals surface area (Å²) >= 11 is 0. The molecule has 1 aromatic heterocycles. The summed E-state index contributed by atoms with van der Waals surface area (Å²) in [7, 11) is 0. The number of amides is 1. The van der Waals surface area contributed by atoms with Crippen molar-refractivity contribution in [2.24, 2.45) is 0 Å².